The normalized spacial score (nSPS) is 10.5. The van der Waals surface area contributed by atoms with Crippen molar-refractivity contribution < 1.29 is 19.0 Å². The number of ether oxygens (including phenoxy) is 3. The molecule has 2 aromatic carbocycles. The van der Waals surface area contributed by atoms with Gasteiger partial charge in [-0.2, -0.15) is 5.26 Å². The Morgan fingerprint density at radius 2 is 1.80 bits per heavy atom. The van der Waals surface area contributed by atoms with E-state index in [1.165, 1.54) is 6.08 Å². The summed E-state index contributed by atoms with van der Waals surface area (Å²) in [5, 5.41) is 12.2. The van der Waals surface area contributed by atoms with E-state index in [2.05, 4.69) is 27.2 Å². The molecule has 0 spiro atoms. The largest absolute Gasteiger partial charge is 0.494 e. The van der Waals surface area contributed by atoms with Crippen LogP contribution in [0.25, 0.3) is 6.08 Å². The summed E-state index contributed by atoms with van der Waals surface area (Å²) in [6.07, 6.45) is 6.72. The minimum atomic E-state index is -0.529. The zero-order valence-corrected chi connectivity index (χ0v) is 18.3. The number of carbonyl (C=O) groups excluding carboxylic acids is 1. The third-order valence-electron chi connectivity index (χ3n) is 3.76. The van der Waals surface area contributed by atoms with Gasteiger partial charge in [-0.1, -0.05) is 21.9 Å². The molecule has 30 heavy (non-hydrogen) atoms. The molecule has 0 saturated heterocycles. The molecule has 6 nitrogen and oxygen atoms in total. The summed E-state index contributed by atoms with van der Waals surface area (Å²) in [6.45, 7) is 4.80. The molecule has 0 radical (unpaired) electrons. The van der Waals surface area contributed by atoms with Crippen LogP contribution in [0.4, 0.5) is 5.69 Å². The van der Waals surface area contributed by atoms with Crippen LogP contribution in [0.2, 0.25) is 0 Å². The number of terminal acetylenes is 1. The van der Waals surface area contributed by atoms with E-state index in [0.29, 0.717) is 46.2 Å². The maximum atomic E-state index is 12.6. The van der Waals surface area contributed by atoms with Gasteiger partial charge >= 0.3 is 0 Å². The SMILES string of the molecule is C#CCOc1cc(Br)c(/C=C(\C#N)C(=O)Nc2ccc(OCC)cc2)cc1OCC. The van der Waals surface area contributed by atoms with Gasteiger partial charge in [0.2, 0.25) is 0 Å². The Kier molecular flexibility index (Phi) is 8.80. The summed E-state index contributed by atoms with van der Waals surface area (Å²) >= 11 is 3.43. The van der Waals surface area contributed by atoms with Gasteiger partial charge < -0.3 is 19.5 Å². The second kappa shape index (κ2) is 11.5. The molecule has 0 heterocycles. The minimum Gasteiger partial charge on any atom is -0.494 e. The maximum Gasteiger partial charge on any atom is 0.266 e. The Bertz CT molecular complexity index is 1000. The number of rotatable bonds is 9. The molecule has 0 saturated carbocycles. The lowest BCUT2D eigenvalue weighted by Gasteiger charge is -2.13. The number of hydrogen-bond donors (Lipinski definition) is 1. The lowest BCUT2D eigenvalue weighted by atomic mass is 10.1. The third kappa shape index (κ3) is 6.30. The van der Waals surface area contributed by atoms with Crippen molar-refractivity contribution >= 4 is 33.6 Å². The topological polar surface area (TPSA) is 80.6 Å². The molecular weight excluding hydrogens is 448 g/mol. The first-order chi connectivity index (χ1) is 14.5. The molecule has 0 aliphatic heterocycles. The van der Waals surface area contributed by atoms with Gasteiger partial charge in [0, 0.05) is 10.2 Å². The number of benzene rings is 2. The second-order valence-corrected chi connectivity index (χ2v) is 6.68. The van der Waals surface area contributed by atoms with E-state index in [1.807, 2.05) is 19.9 Å². The van der Waals surface area contributed by atoms with Gasteiger partial charge in [0.1, 0.15) is 24.0 Å². The molecule has 7 heteroatoms. The van der Waals surface area contributed by atoms with Crippen molar-refractivity contribution in [1.82, 2.24) is 0 Å². The quantitative estimate of drug-likeness (QED) is 0.324. The van der Waals surface area contributed by atoms with E-state index in [4.69, 9.17) is 20.6 Å². The summed E-state index contributed by atoms with van der Waals surface area (Å²) in [7, 11) is 0. The zero-order chi connectivity index (χ0) is 21.9. The summed E-state index contributed by atoms with van der Waals surface area (Å²) in [4.78, 5) is 12.6. The summed E-state index contributed by atoms with van der Waals surface area (Å²) < 4.78 is 17.1. The molecule has 0 fully saturated rings. The number of carbonyl (C=O) groups is 1. The van der Waals surface area contributed by atoms with Crippen molar-refractivity contribution in [3.8, 4) is 35.7 Å². The van der Waals surface area contributed by atoms with Crippen molar-refractivity contribution in [2.75, 3.05) is 25.1 Å². The van der Waals surface area contributed by atoms with E-state index >= 15 is 0 Å². The highest BCUT2D eigenvalue weighted by atomic mass is 79.9. The van der Waals surface area contributed by atoms with Gasteiger partial charge in [0.15, 0.2) is 11.5 Å². The molecular formula is C23H21BrN2O4. The number of nitriles is 1. The first-order valence-electron chi connectivity index (χ1n) is 9.20. The number of nitrogens with zero attached hydrogens (tertiary/aromatic N) is 1. The van der Waals surface area contributed by atoms with Crippen molar-refractivity contribution in [3.63, 3.8) is 0 Å². The first kappa shape index (κ1) is 22.9. The van der Waals surface area contributed by atoms with Crippen LogP contribution < -0.4 is 19.5 Å². The molecule has 0 aliphatic carbocycles. The Morgan fingerprint density at radius 3 is 2.40 bits per heavy atom. The monoisotopic (exact) mass is 468 g/mol. The van der Waals surface area contributed by atoms with Crippen LogP contribution in [-0.2, 0) is 4.79 Å². The van der Waals surface area contributed by atoms with Crippen LogP contribution in [0.3, 0.4) is 0 Å². The highest BCUT2D eigenvalue weighted by Crippen LogP contribution is 2.35. The number of nitrogens with one attached hydrogen (secondary N) is 1. The molecule has 0 unspecified atom stereocenters. The van der Waals surface area contributed by atoms with Crippen molar-refractivity contribution in [2.24, 2.45) is 0 Å². The Balaban J connectivity index is 2.27. The van der Waals surface area contributed by atoms with E-state index in [0.717, 1.165) is 0 Å². The average Bonchev–Trinajstić information content (AvgIpc) is 2.74. The first-order valence-corrected chi connectivity index (χ1v) is 10.00. The molecule has 2 aromatic rings. The van der Waals surface area contributed by atoms with Crippen LogP contribution in [0, 0.1) is 23.7 Å². The van der Waals surface area contributed by atoms with Crippen LogP contribution >= 0.6 is 15.9 Å². The summed E-state index contributed by atoms with van der Waals surface area (Å²) in [6, 6.07) is 12.2. The van der Waals surface area contributed by atoms with E-state index < -0.39 is 5.91 Å². The van der Waals surface area contributed by atoms with Crippen molar-refractivity contribution in [1.29, 1.82) is 5.26 Å². The van der Waals surface area contributed by atoms with Gasteiger partial charge in [0.05, 0.1) is 13.2 Å². The number of anilines is 1. The summed E-state index contributed by atoms with van der Waals surface area (Å²) in [5.74, 6) is 3.51. The molecule has 0 bridgehead atoms. The minimum absolute atomic E-state index is 0.0654. The van der Waals surface area contributed by atoms with Crippen LogP contribution in [0.5, 0.6) is 17.2 Å². The fourth-order valence-corrected chi connectivity index (χ4v) is 2.90. The number of halogens is 1. The Labute approximate surface area is 184 Å². The highest BCUT2D eigenvalue weighted by Gasteiger charge is 2.14. The van der Waals surface area contributed by atoms with Crippen LogP contribution in [-0.4, -0.2) is 25.7 Å². The maximum absolute atomic E-state index is 12.6. The smallest absolute Gasteiger partial charge is 0.266 e. The lowest BCUT2D eigenvalue weighted by Crippen LogP contribution is -2.13. The molecule has 1 amide bonds. The number of amides is 1. The van der Waals surface area contributed by atoms with Gasteiger partial charge in [-0.3, -0.25) is 4.79 Å². The molecule has 2 rings (SSSR count). The fraction of sp³-hybridized carbons (Fsp3) is 0.217. The highest BCUT2D eigenvalue weighted by molar-refractivity contribution is 9.10. The van der Waals surface area contributed by atoms with Gasteiger partial charge in [0.25, 0.3) is 5.91 Å². The molecule has 0 aromatic heterocycles. The predicted molar refractivity (Wildman–Crippen MR) is 119 cm³/mol. The Hall–Kier alpha value is -3.42. The van der Waals surface area contributed by atoms with Crippen molar-refractivity contribution in [2.45, 2.75) is 13.8 Å². The molecule has 0 atom stereocenters. The molecule has 1 N–H and O–H groups in total. The molecule has 0 aliphatic rings. The zero-order valence-electron chi connectivity index (χ0n) is 16.7. The Morgan fingerprint density at radius 1 is 1.13 bits per heavy atom. The predicted octanol–water partition coefficient (Wildman–Crippen LogP) is 4.80. The van der Waals surface area contributed by atoms with Gasteiger partial charge in [-0.15, -0.1) is 6.42 Å². The standard InChI is InChI=1S/C23H21BrN2O4/c1-4-11-30-22-14-20(24)16(13-21(22)29-6-3)12-17(15-25)23(27)26-18-7-9-19(10-8-18)28-5-2/h1,7-10,12-14H,5-6,11H2,2-3H3,(H,26,27)/b17-12+. The molecule has 154 valence electrons. The third-order valence-corrected chi connectivity index (χ3v) is 4.45. The van der Waals surface area contributed by atoms with E-state index in [-0.39, 0.29) is 12.2 Å². The summed E-state index contributed by atoms with van der Waals surface area (Å²) in [5.41, 5.74) is 1.07. The van der Waals surface area contributed by atoms with Crippen molar-refractivity contribution in [3.05, 3.63) is 52.0 Å². The second-order valence-electron chi connectivity index (χ2n) is 5.83. The average molecular weight is 469 g/mol. The number of hydrogen-bond acceptors (Lipinski definition) is 5. The van der Waals surface area contributed by atoms with E-state index in [9.17, 15) is 10.1 Å². The lowest BCUT2D eigenvalue weighted by molar-refractivity contribution is -0.112. The van der Waals surface area contributed by atoms with Gasteiger partial charge in [-0.25, -0.2) is 0 Å². The van der Waals surface area contributed by atoms with Crippen LogP contribution in [0.15, 0.2) is 46.4 Å². The van der Waals surface area contributed by atoms with E-state index in [1.54, 1.807) is 36.4 Å². The van der Waals surface area contributed by atoms with Crippen LogP contribution in [0.1, 0.15) is 19.4 Å². The van der Waals surface area contributed by atoms with Gasteiger partial charge in [-0.05, 0) is 61.9 Å². The fourth-order valence-electron chi connectivity index (χ4n) is 2.47.